The molecule has 1 amide bonds. The molecule has 2 aromatic rings. The first-order chi connectivity index (χ1) is 8.70. The van der Waals surface area contributed by atoms with Gasteiger partial charge in [0.05, 0.1) is 5.69 Å². The van der Waals surface area contributed by atoms with Crippen molar-refractivity contribution in [2.24, 2.45) is 0 Å². The molecule has 94 valence electrons. The molecule has 0 bridgehead atoms. The average Bonchev–Trinajstić information content (AvgIpc) is 2.79. The van der Waals surface area contributed by atoms with Crippen molar-refractivity contribution in [3.63, 3.8) is 0 Å². The van der Waals surface area contributed by atoms with Crippen LogP contribution in [0.25, 0.3) is 0 Å². The average molecular weight is 282 g/mol. The van der Waals surface area contributed by atoms with Crippen LogP contribution in [0.4, 0.5) is 5.69 Å². The van der Waals surface area contributed by atoms with E-state index < -0.39 is 0 Å². The number of anilines is 1. The van der Waals surface area contributed by atoms with Gasteiger partial charge in [-0.2, -0.15) is 0 Å². The second kappa shape index (κ2) is 5.98. The van der Waals surface area contributed by atoms with E-state index in [1.807, 2.05) is 24.3 Å². The van der Waals surface area contributed by atoms with Gasteiger partial charge in [-0.25, -0.2) is 0 Å². The molecule has 0 aliphatic rings. The Balaban J connectivity index is 2.16. The van der Waals surface area contributed by atoms with Crippen molar-refractivity contribution in [3.05, 3.63) is 47.4 Å². The van der Waals surface area contributed by atoms with E-state index in [0.29, 0.717) is 0 Å². The first-order valence-corrected chi connectivity index (χ1v) is 6.85. The third kappa shape index (κ3) is 3.09. The monoisotopic (exact) mass is 281 g/mol. The van der Waals surface area contributed by atoms with E-state index >= 15 is 0 Å². The van der Waals surface area contributed by atoms with Crippen LogP contribution in [0.2, 0.25) is 5.22 Å². The summed E-state index contributed by atoms with van der Waals surface area (Å²) in [6.45, 7) is 2.07. The number of hydrogen-bond donors (Lipinski definition) is 1. The first kappa shape index (κ1) is 13.1. The molecule has 1 aromatic carbocycles. The Hall–Kier alpha value is -1.39. The number of benzene rings is 1. The highest BCUT2D eigenvalue weighted by molar-refractivity contribution is 7.99. The van der Waals surface area contributed by atoms with E-state index in [4.69, 9.17) is 16.0 Å². The van der Waals surface area contributed by atoms with E-state index in [0.717, 1.165) is 16.3 Å². The summed E-state index contributed by atoms with van der Waals surface area (Å²) in [5, 5.41) is 3.02. The normalized spacial score (nSPS) is 10.3. The third-order valence-electron chi connectivity index (χ3n) is 2.23. The van der Waals surface area contributed by atoms with Gasteiger partial charge in [0.1, 0.15) is 0 Å². The van der Waals surface area contributed by atoms with Crippen LogP contribution in [0, 0.1) is 0 Å². The largest absolute Gasteiger partial charge is 0.440 e. The molecule has 0 saturated carbocycles. The maximum absolute atomic E-state index is 11.9. The SMILES string of the molecule is CCSc1ccccc1NC(=O)c1ccc(Cl)o1. The fourth-order valence-corrected chi connectivity index (χ4v) is 2.38. The molecular formula is C13H12ClNO2S. The highest BCUT2D eigenvalue weighted by Crippen LogP contribution is 2.27. The van der Waals surface area contributed by atoms with Gasteiger partial charge in [-0.15, -0.1) is 11.8 Å². The molecule has 0 atom stereocenters. The Kier molecular flexibility index (Phi) is 4.33. The van der Waals surface area contributed by atoms with E-state index in [9.17, 15) is 4.79 Å². The predicted molar refractivity (Wildman–Crippen MR) is 74.5 cm³/mol. The van der Waals surface area contributed by atoms with Crippen LogP contribution < -0.4 is 5.32 Å². The minimum Gasteiger partial charge on any atom is -0.440 e. The number of halogens is 1. The van der Waals surface area contributed by atoms with Crippen molar-refractivity contribution in [2.75, 3.05) is 11.1 Å². The summed E-state index contributed by atoms with van der Waals surface area (Å²) in [4.78, 5) is 12.9. The summed E-state index contributed by atoms with van der Waals surface area (Å²) in [6.07, 6.45) is 0. The number of furan rings is 1. The molecule has 0 radical (unpaired) electrons. The smallest absolute Gasteiger partial charge is 0.291 e. The highest BCUT2D eigenvalue weighted by atomic mass is 35.5. The molecule has 0 unspecified atom stereocenters. The van der Waals surface area contributed by atoms with Crippen LogP contribution in [0.3, 0.4) is 0 Å². The van der Waals surface area contributed by atoms with Gasteiger partial charge < -0.3 is 9.73 Å². The number of para-hydroxylation sites is 1. The van der Waals surface area contributed by atoms with Gasteiger partial charge in [-0.3, -0.25) is 4.79 Å². The maximum Gasteiger partial charge on any atom is 0.291 e. The van der Waals surface area contributed by atoms with Crippen molar-refractivity contribution in [2.45, 2.75) is 11.8 Å². The first-order valence-electron chi connectivity index (χ1n) is 5.49. The quantitative estimate of drug-likeness (QED) is 0.850. The van der Waals surface area contributed by atoms with Gasteiger partial charge in [-0.05, 0) is 41.6 Å². The summed E-state index contributed by atoms with van der Waals surface area (Å²) in [6, 6.07) is 10.7. The molecule has 1 N–H and O–H groups in total. The summed E-state index contributed by atoms with van der Waals surface area (Å²) in [5.41, 5.74) is 0.780. The summed E-state index contributed by atoms with van der Waals surface area (Å²) in [5.74, 6) is 0.849. The maximum atomic E-state index is 11.9. The number of carbonyl (C=O) groups excluding carboxylic acids is 1. The number of thioether (sulfide) groups is 1. The van der Waals surface area contributed by atoms with Gasteiger partial charge in [-0.1, -0.05) is 19.1 Å². The number of carbonyl (C=O) groups is 1. The standard InChI is InChI=1S/C13H12ClNO2S/c1-2-18-11-6-4-3-5-9(11)15-13(16)10-7-8-12(14)17-10/h3-8H,2H2,1H3,(H,15,16). The molecule has 2 rings (SSSR count). The minimum atomic E-state index is -0.300. The van der Waals surface area contributed by atoms with Gasteiger partial charge in [0.15, 0.2) is 11.0 Å². The van der Waals surface area contributed by atoms with Crippen molar-refractivity contribution in [1.82, 2.24) is 0 Å². The molecule has 0 spiro atoms. The molecule has 0 saturated heterocycles. The van der Waals surface area contributed by atoms with Crippen LogP contribution in [0.15, 0.2) is 45.7 Å². The van der Waals surface area contributed by atoms with Crippen LogP contribution in [-0.2, 0) is 0 Å². The van der Waals surface area contributed by atoms with E-state index in [-0.39, 0.29) is 16.9 Å². The Morgan fingerprint density at radius 1 is 1.33 bits per heavy atom. The number of hydrogen-bond acceptors (Lipinski definition) is 3. The molecule has 0 aliphatic carbocycles. The van der Waals surface area contributed by atoms with Crippen molar-refractivity contribution in [1.29, 1.82) is 0 Å². The molecule has 0 aliphatic heterocycles. The van der Waals surface area contributed by atoms with Crippen LogP contribution >= 0.6 is 23.4 Å². The van der Waals surface area contributed by atoms with E-state index in [2.05, 4.69) is 12.2 Å². The number of amides is 1. The second-order valence-corrected chi connectivity index (χ2v) is 5.17. The zero-order valence-corrected chi connectivity index (χ0v) is 11.3. The summed E-state index contributed by atoms with van der Waals surface area (Å²) < 4.78 is 5.06. The lowest BCUT2D eigenvalue weighted by atomic mass is 10.3. The van der Waals surface area contributed by atoms with Crippen LogP contribution in [-0.4, -0.2) is 11.7 Å². The van der Waals surface area contributed by atoms with Crippen LogP contribution in [0.5, 0.6) is 0 Å². The summed E-state index contributed by atoms with van der Waals surface area (Å²) in [7, 11) is 0. The summed E-state index contributed by atoms with van der Waals surface area (Å²) >= 11 is 7.31. The lowest BCUT2D eigenvalue weighted by Crippen LogP contribution is -2.11. The number of rotatable bonds is 4. The highest BCUT2D eigenvalue weighted by Gasteiger charge is 2.12. The fraction of sp³-hybridized carbons (Fsp3) is 0.154. The van der Waals surface area contributed by atoms with E-state index in [1.54, 1.807) is 23.9 Å². The zero-order valence-electron chi connectivity index (χ0n) is 9.77. The Bertz CT molecular complexity index is 553. The predicted octanol–water partition coefficient (Wildman–Crippen LogP) is 4.30. The van der Waals surface area contributed by atoms with Gasteiger partial charge in [0.2, 0.25) is 0 Å². The number of nitrogens with one attached hydrogen (secondary N) is 1. The lowest BCUT2D eigenvalue weighted by molar-refractivity contribution is 0.0996. The Morgan fingerprint density at radius 2 is 2.11 bits per heavy atom. The molecule has 1 aromatic heterocycles. The minimum absolute atomic E-state index is 0.205. The van der Waals surface area contributed by atoms with Crippen LogP contribution in [0.1, 0.15) is 17.5 Å². The molecular weight excluding hydrogens is 270 g/mol. The van der Waals surface area contributed by atoms with Gasteiger partial charge in [0, 0.05) is 4.90 Å². The molecule has 18 heavy (non-hydrogen) atoms. The van der Waals surface area contributed by atoms with Crippen molar-refractivity contribution in [3.8, 4) is 0 Å². The van der Waals surface area contributed by atoms with Crippen molar-refractivity contribution >= 4 is 35.0 Å². The molecule has 0 fully saturated rings. The Morgan fingerprint density at radius 3 is 2.78 bits per heavy atom. The topological polar surface area (TPSA) is 42.2 Å². The van der Waals surface area contributed by atoms with Gasteiger partial charge >= 0.3 is 0 Å². The molecule has 3 nitrogen and oxygen atoms in total. The van der Waals surface area contributed by atoms with Crippen molar-refractivity contribution < 1.29 is 9.21 Å². The lowest BCUT2D eigenvalue weighted by Gasteiger charge is -2.08. The van der Waals surface area contributed by atoms with Gasteiger partial charge in [0.25, 0.3) is 5.91 Å². The zero-order chi connectivity index (χ0) is 13.0. The third-order valence-corrected chi connectivity index (χ3v) is 3.39. The molecule has 5 heteroatoms. The van der Waals surface area contributed by atoms with E-state index in [1.165, 1.54) is 0 Å². The second-order valence-electron chi connectivity index (χ2n) is 3.49. The Labute approximate surface area is 115 Å². The fourth-order valence-electron chi connectivity index (χ4n) is 1.47. The molecule has 1 heterocycles.